The molecule has 0 radical (unpaired) electrons. The van der Waals surface area contributed by atoms with E-state index in [1.807, 2.05) is 33.7 Å². The molecular formula is C24H26N8O. The molecule has 2 aromatic heterocycles. The second-order valence-electron chi connectivity index (χ2n) is 8.13. The number of carbonyl (C=O) groups excluding carboxylic acids is 1. The van der Waals surface area contributed by atoms with E-state index in [2.05, 4.69) is 16.4 Å². The highest BCUT2D eigenvalue weighted by atomic mass is 16.1. The number of hydrogen-bond acceptors (Lipinski definition) is 8. The number of pyridine rings is 1. The molecule has 0 amide bonds. The number of fused-ring (bicyclic) bond motifs is 1. The number of ketones is 1. The van der Waals surface area contributed by atoms with Gasteiger partial charge < -0.3 is 21.7 Å². The number of nitrogens with one attached hydrogen (secondary N) is 1. The van der Waals surface area contributed by atoms with Gasteiger partial charge in [-0.2, -0.15) is 5.26 Å². The summed E-state index contributed by atoms with van der Waals surface area (Å²) in [6.45, 7) is 4.57. The van der Waals surface area contributed by atoms with Crippen molar-refractivity contribution in [1.29, 1.82) is 5.26 Å². The average molecular weight is 443 g/mol. The lowest BCUT2D eigenvalue weighted by Gasteiger charge is -2.20. The lowest BCUT2D eigenvalue weighted by Crippen LogP contribution is -2.23. The van der Waals surface area contributed by atoms with Crippen molar-refractivity contribution in [3.8, 4) is 11.9 Å². The number of benzene rings is 1. The standard InChI is InChI=1S/C24H26N8O/c1-15(26)3-7-22(27)29-18-4-6-20-21(11-18)32(14-28-20)23-8-5-19(16(2)33)24(30-23)31-10-9-17(12-25)13-31/h3-8,11,14,17,29H,9-10,13,26-27H2,1-2H3/b15-3-,22-7+/t17-/m0/s1. The molecule has 3 heterocycles. The first kappa shape index (κ1) is 21.9. The van der Waals surface area contributed by atoms with Crippen molar-refractivity contribution in [2.75, 3.05) is 23.3 Å². The largest absolute Gasteiger partial charge is 0.402 e. The van der Waals surface area contributed by atoms with Gasteiger partial charge in [0.2, 0.25) is 0 Å². The Bertz CT molecular complexity index is 1310. The number of rotatable bonds is 6. The first-order valence-corrected chi connectivity index (χ1v) is 10.7. The average Bonchev–Trinajstić information content (AvgIpc) is 3.44. The number of aromatic nitrogens is 3. The molecule has 4 rings (SSSR count). The molecule has 0 aliphatic carbocycles. The van der Waals surface area contributed by atoms with Crippen LogP contribution in [0.1, 0.15) is 30.6 Å². The third-order valence-electron chi connectivity index (χ3n) is 5.52. The summed E-state index contributed by atoms with van der Waals surface area (Å²) >= 11 is 0. The number of allylic oxidation sites excluding steroid dienone is 3. The van der Waals surface area contributed by atoms with Gasteiger partial charge in [-0.05, 0) is 62.8 Å². The quantitative estimate of drug-likeness (QED) is 0.391. The Balaban J connectivity index is 1.72. The molecule has 0 unspecified atom stereocenters. The predicted molar refractivity (Wildman–Crippen MR) is 129 cm³/mol. The van der Waals surface area contributed by atoms with E-state index in [0.29, 0.717) is 41.8 Å². The molecule has 1 aromatic carbocycles. The Labute approximate surface area is 192 Å². The Morgan fingerprint density at radius 3 is 2.76 bits per heavy atom. The van der Waals surface area contributed by atoms with Gasteiger partial charge >= 0.3 is 0 Å². The number of nitrogens with zero attached hydrogens (tertiary/aromatic N) is 5. The predicted octanol–water partition coefficient (Wildman–Crippen LogP) is 3.05. The zero-order valence-corrected chi connectivity index (χ0v) is 18.6. The molecular weight excluding hydrogens is 416 g/mol. The van der Waals surface area contributed by atoms with Crippen LogP contribution < -0.4 is 21.7 Å². The fourth-order valence-corrected chi connectivity index (χ4v) is 3.84. The topological polar surface area (TPSA) is 139 Å². The lowest BCUT2D eigenvalue weighted by atomic mass is 10.1. The first-order valence-electron chi connectivity index (χ1n) is 10.7. The third-order valence-corrected chi connectivity index (χ3v) is 5.52. The SMILES string of the molecule is CC(=O)c1ccc(-n2cnc3ccc(N/C(N)=C/C=C(/C)N)cc32)nc1N1CC[C@@H](C#N)C1. The molecule has 1 atom stereocenters. The van der Waals surface area contributed by atoms with Crippen LogP contribution in [0.2, 0.25) is 0 Å². The smallest absolute Gasteiger partial charge is 0.163 e. The second kappa shape index (κ2) is 9.04. The molecule has 168 valence electrons. The minimum Gasteiger partial charge on any atom is -0.402 e. The van der Waals surface area contributed by atoms with Gasteiger partial charge in [0.1, 0.15) is 23.8 Å². The Morgan fingerprint density at radius 1 is 1.24 bits per heavy atom. The summed E-state index contributed by atoms with van der Waals surface area (Å²) in [4.78, 5) is 23.6. The van der Waals surface area contributed by atoms with Crippen molar-refractivity contribution < 1.29 is 4.79 Å². The number of imidazole rings is 1. The van der Waals surface area contributed by atoms with Crippen LogP contribution in [0.15, 0.2) is 60.3 Å². The monoisotopic (exact) mass is 442 g/mol. The zero-order valence-electron chi connectivity index (χ0n) is 18.6. The first-order chi connectivity index (χ1) is 15.9. The molecule has 1 aliphatic heterocycles. The maximum Gasteiger partial charge on any atom is 0.163 e. The van der Waals surface area contributed by atoms with Crippen molar-refractivity contribution in [2.45, 2.75) is 20.3 Å². The molecule has 5 N–H and O–H groups in total. The molecule has 1 fully saturated rings. The third kappa shape index (κ3) is 4.65. The lowest BCUT2D eigenvalue weighted by molar-refractivity contribution is 0.101. The molecule has 1 saturated heterocycles. The number of anilines is 2. The summed E-state index contributed by atoms with van der Waals surface area (Å²) in [7, 11) is 0. The van der Waals surface area contributed by atoms with Crippen molar-refractivity contribution in [3.63, 3.8) is 0 Å². The molecule has 0 bridgehead atoms. The van der Waals surface area contributed by atoms with Crippen LogP contribution in [-0.2, 0) is 0 Å². The molecule has 9 heteroatoms. The summed E-state index contributed by atoms with van der Waals surface area (Å²) in [5, 5.41) is 12.4. The number of carbonyl (C=O) groups is 1. The van der Waals surface area contributed by atoms with Crippen LogP contribution in [0.4, 0.5) is 11.5 Å². The van der Waals surface area contributed by atoms with Gasteiger partial charge in [0.15, 0.2) is 5.78 Å². The van der Waals surface area contributed by atoms with E-state index in [0.717, 1.165) is 23.1 Å². The van der Waals surface area contributed by atoms with E-state index >= 15 is 0 Å². The van der Waals surface area contributed by atoms with Gasteiger partial charge in [-0.15, -0.1) is 0 Å². The number of Topliss-reactive ketones (excluding diaryl/α,β-unsaturated/α-hetero) is 1. The van der Waals surface area contributed by atoms with E-state index in [9.17, 15) is 10.1 Å². The van der Waals surface area contributed by atoms with Crippen LogP contribution in [0.5, 0.6) is 0 Å². The minimum absolute atomic E-state index is 0.0598. The fraction of sp³-hybridized carbons (Fsp3) is 0.250. The Kier molecular flexibility index (Phi) is 6.00. The van der Waals surface area contributed by atoms with Gasteiger partial charge in [0.25, 0.3) is 0 Å². The van der Waals surface area contributed by atoms with Crippen LogP contribution in [-0.4, -0.2) is 33.4 Å². The number of hydrogen-bond donors (Lipinski definition) is 3. The summed E-state index contributed by atoms with van der Waals surface area (Å²) in [5.74, 6) is 1.58. The van der Waals surface area contributed by atoms with E-state index in [1.54, 1.807) is 31.5 Å². The molecule has 0 spiro atoms. The normalized spacial score (nSPS) is 16.8. The highest BCUT2D eigenvalue weighted by Gasteiger charge is 2.26. The van der Waals surface area contributed by atoms with Gasteiger partial charge in [-0.25, -0.2) is 9.97 Å². The summed E-state index contributed by atoms with van der Waals surface area (Å²) < 4.78 is 1.87. The molecule has 9 nitrogen and oxygen atoms in total. The van der Waals surface area contributed by atoms with Crippen molar-refractivity contribution in [1.82, 2.24) is 14.5 Å². The van der Waals surface area contributed by atoms with E-state index in [-0.39, 0.29) is 11.7 Å². The summed E-state index contributed by atoms with van der Waals surface area (Å²) in [6.07, 6.45) is 5.89. The van der Waals surface area contributed by atoms with Gasteiger partial charge in [-0.1, -0.05) is 0 Å². The van der Waals surface area contributed by atoms with Crippen molar-refractivity contribution in [3.05, 3.63) is 65.9 Å². The van der Waals surface area contributed by atoms with E-state index in [4.69, 9.17) is 16.5 Å². The zero-order chi connectivity index (χ0) is 23.5. The number of nitrogens with two attached hydrogens (primary N) is 2. The maximum absolute atomic E-state index is 12.2. The fourth-order valence-electron chi connectivity index (χ4n) is 3.84. The van der Waals surface area contributed by atoms with Crippen LogP contribution >= 0.6 is 0 Å². The van der Waals surface area contributed by atoms with Crippen LogP contribution in [0.3, 0.4) is 0 Å². The summed E-state index contributed by atoms with van der Waals surface area (Å²) in [6, 6.07) is 11.6. The van der Waals surface area contributed by atoms with E-state index in [1.165, 1.54) is 6.92 Å². The molecule has 33 heavy (non-hydrogen) atoms. The minimum atomic E-state index is -0.0608. The van der Waals surface area contributed by atoms with Gasteiger partial charge in [-0.3, -0.25) is 9.36 Å². The highest BCUT2D eigenvalue weighted by Crippen LogP contribution is 2.28. The van der Waals surface area contributed by atoms with Crippen LogP contribution in [0.25, 0.3) is 16.9 Å². The van der Waals surface area contributed by atoms with Gasteiger partial charge in [0, 0.05) is 24.5 Å². The second-order valence-corrected chi connectivity index (χ2v) is 8.13. The maximum atomic E-state index is 12.2. The Morgan fingerprint density at radius 2 is 2.06 bits per heavy atom. The molecule has 1 aliphatic rings. The Hall–Kier alpha value is -4.32. The highest BCUT2D eigenvalue weighted by molar-refractivity contribution is 5.99. The van der Waals surface area contributed by atoms with Crippen molar-refractivity contribution in [2.24, 2.45) is 17.4 Å². The number of nitriles is 1. The van der Waals surface area contributed by atoms with Gasteiger partial charge in [0.05, 0.1) is 28.6 Å². The molecule has 3 aromatic rings. The summed E-state index contributed by atoms with van der Waals surface area (Å²) in [5.41, 5.74) is 15.3. The molecule has 0 saturated carbocycles. The van der Waals surface area contributed by atoms with Crippen LogP contribution in [0, 0.1) is 17.2 Å². The van der Waals surface area contributed by atoms with E-state index < -0.39 is 0 Å². The van der Waals surface area contributed by atoms with Crippen molar-refractivity contribution >= 4 is 28.3 Å².